The van der Waals surface area contributed by atoms with Crippen LogP contribution in [0.2, 0.25) is 0 Å². The number of pyridine rings is 2. The number of rotatable bonds is 8. The van der Waals surface area contributed by atoms with Crippen molar-refractivity contribution in [3.63, 3.8) is 0 Å². The Labute approximate surface area is 274 Å². The van der Waals surface area contributed by atoms with Crippen LogP contribution in [0.5, 0.6) is 0 Å². The Hall–Kier alpha value is -2.89. The molecular formula is C30H32Br2Cl2N4O4. The number of nitrogens with one attached hydrogen (secondary N) is 1. The maximum atomic E-state index is 11.5. The molecule has 4 N–H and O–H groups in total. The molecule has 0 saturated carbocycles. The predicted molar refractivity (Wildman–Crippen MR) is 160 cm³/mol. The number of nitrogens with zero attached hydrogens (tertiary/aromatic N) is 2. The van der Waals surface area contributed by atoms with Crippen LogP contribution in [0.25, 0.3) is 6.08 Å². The molecule has 0 bridgehead atoms. The molecule has 224 valence electrons. The van der Waals surface area contributed by atoms with Crippen molar-refractivity contribution < 1.29 is 54.0 Å². The summed E-state index contributed by atoms with van der Waals surface area (Å²) in [5, 5.41) is 0. The molecule has 0 spiro atoms. The number of Topliss-reactive ketones (excluding diaryl/α,β-unsaturated/α-hetero) is 1. The molecule has 1 aliphatic rings. The van der Waals surface area contributed by atoms with Gasteiger partial charge in [-0.15, -0.1) is 0 Å². The first-order chi connectivity index (χ1) is 19.5. The van der Waals surface area contributed by atoms with E-state index in [4.69, 9.17) is 8.83 Å². The number of allylic oxidation sites excluding steroid dienone is 1. The molecule has 0 aromatic carbocycles. The summed E-state index contributed by atoms with van der Waals surface area (Å²) in [7, 11) is 0. The molecule has 4 aromatic heterocycles. The van der Waals surface area contributed by atoms with Crippen molar-refractivity contribution in [1.29, 1.82) is 0 Å². The molecule has 1 aliphatic heterocycles. The van der Waals surface area contributed by atoms with Crippen LogP contribution < -0.4 is 35.5 Å². The Morgan fingerprint density at radius 1 is 1.00 bits per heavy atom. The number of aliphatic imine (C=N–C) groups is 1. The van der Waals surface area contributed by atoms with E-state index in [-0.39, 0.29) is 30.6 Å². The van der Waals surface area contributed by atoms with Gasteiger partial charge in [-0.1, -0.05) is 0 Å². The molecule has 0 aliphatic carbocycles. The van der Waals surface area contributed by atoms with Gasteiger partial charge < -0.3 is 39.4 Å². The highest BCUT2D eigenvalue weighted by molar-refractivity contribution is 9.10. The highest BCUT2D eigenvalue weighted by Crippen LogP contribution is 2.24. The first-order valence-electron chi connectivity index (χ1n) is 12.9. The third kappa shape index (κ3) is 13.0. The zero-order valence-electron chi connectivity index (χ0n) is 22.8. The van der Waals surface area contributed by atoms with Crippen molar-refractivity contribution in [1.82, 2.24) is 4.98 Å². The number of quaternary nitrogens is 1. The predicted octanol–water partition coefficient (Wildman–Crippen LogP) is 0.0618. The molecule has 4 aromatic rings. The number of unbranched alkanes of at least 4 members (excludes halogenated alkanes) is 1. The minimum Gasteiger partial charge on any atom is -1.00 e. The van der Waals surface area contributed by atoms with Crippen molar-refractivity contribution in [3.8, 4) is 0 Å². The molecule has 8 nitrogen and oxygen atoms in total. The summed E-state index contributed by atoms with van der Waals surface area (Å²) in [5.41, 5.74) is 7.82. The number of aromatic nitrogens is 2. The molecule has 5 heterocycles. The molecule has 12 heteroatoms. The van der Waals surface area contributed by atoms with E-state index in [1.165, 1.54) is 5.57 Å². The summed E-state index contributed by atoms with van der Waals surface area (Å²) >= 11 is 6.37. The number of aromatic amines is 1. The van der Waals surface area contributed by atoms with Crippen molar-refractivity contribution in [2.75, 3.05) is 13.1 Å². The third-order valence-electron chi connectivity index (χ3n) is 5.67. The molecule has 0 unspecified atom stereocenters. The minimum atomic E-state index is 0. The van der Waals surface area contributed by atoms with Crippen LogP contribution in [0, 0.1) is 0 Å². The standard InChI is InChI=1S/C15H13BrN2O.C10H14N2O.C5H3BrO2.2ClH/c16-14-6-5-13(19-14)9-11-3-2-8-18-15(11)12-4-1-7-17-10-12;11-6-2-1-5-10(13)9-4-3-7-12-8-9;6-5-2-1-4(3-7)8-5;;/h1,4-7,9-10H,2-3,8H2;3-4,7-8H,1-2,5-6,11H2;1-3H;2*1H/b11-9+;;;;. The Bertz CT molecular complexity index is 1410. The Kier molecular flexibility index (Phi) is 18.5. The van der Waals surface area contributed by atoms with Crippen LogP contribution >= 0.6 is 31.9 Å². The van der Waals surface area contributed by atoms with Gasteiger partial charge in [-0.05, 0) is 112 Å². The lowest BCUT2D eigenvalue weighted by molar-refractivity contribution is -0.378. The molecule has 0 radical (unpaired) electrons. The van der Waals surface area contributed by atoms with E-state index in [0.29, 0.717) is 23.1 Å². The maximum Gasteiger partial charge on any atom is 0.185 e. The van der Waals surface area contributed by atoms with Gasteiger partial charge in [-0.25, -0.2) is 4.98 Å². The number of furan rings is 2. The van der Waals surface area contributed by atoms with Crippen molar-refractivity contribution >= 4 is 55.7 Å². The molecule has 0 atom stereocenters. The van der Waals surface area contributed by atoms with Gasteiger partial charge in [-0.3, -0.25) is 19.6 Å². The largest absolute Gasteiger partial charge is 1.00 e. The van der Waals surface area contributed by atoms with Gasteiger partial charge in [0.05, 0.1) is 17.8 Å². The van der Waals surface area contributed by atoms with E-state index in [1.807, 2.05) is 42.6 Å². The number of H-pyrrole nitrogens is 1. The van der Waals surface area contributed by atoms with Crippen LogP contribution in [-0.2, 0) is 0 Å². The normalized spacial score (nSPS) is 12.7. The monoisotopic (exact) mass is 740 g/mol. The van der Waals surface area contributed by atoms with Gasteiger partial charge in [0.2, 0.25) is 0 Å². The number of hydrogen-bond donors (Lipinski definition) is 1. The highest BCUT2D eigenvalue weighted by atomic mass is 79.9. The smallest absolute Gasteiger partial charge is 0.185 e. The summed E-state index contributed by atoms with van der Waals surface area (Å²) in [5.74, 6) is 1.41. The Morgan fingerprint density at radius 3 is 2.29 bits per heavy atom. The lowest BCUT2D eigenvalue weighted by Gasteiger charge is -2.15. The van der Waals surface area contributed by atoms with Crippen molar-refractivity contribution in [2.45, 2.75) is 32.1 Å². The van der Waals surface area contributed by atoms with Gasteiger partial charge in [0.25, 0.3) is 0 Å². The van der Waals surface area contributed by atoms with Crippen LogP contribution in [0.1, 0.15) is 64.3 Å². The number of hydrogen-bond acceptors (Lipinski definition) is 6. The average molecular weight is 743 g/mol. The van der Waals surface area contributed by atoms with Crippen LogP contribution in [0.3, 0.4) is 0 Å². The fourth-order valence-corrected chi connectivity index (χ4v) is 4.38. The summed E-state index contributed by atoms with van der Waals surface area (Å²) in [6.45, 7) is 1.79. The first-order valence-corrected chi connectivity index (χ1v) is 14.5. The second-order valence-corrected chi connectivity index (χ2v) is 10.2. The average Bonchev–Trinajstić information content (AvgIpc) is 3.62. The molecule has 42 heavy (non-hydrogen) atoms. The number of carbonyl (C=O) groups is 2. The molecule has 0 fully saturated rings. The van der Waals surface area contributed by atoms with Crippen molar-refractivity contribution in [2.24, 2.45) is 4.99 Å². The van der Waals surface area contributed by atoms with E-state index in [0.717, 1.165) is 66.0 Å². The summed E-state index contributed by atoms with van der Waals surface area (Å²) in [6, 6.07) is 14.8. The van der Waals surface area contributed by atoms with Gasteiger partial charge in [0.1, 0.15) is 5.76 Å². The van der Waals surface area contributed by atoms with E-state index in [9.17, 15) is 9.59 Å². The Morgan fingerprint density at radius 2 is 1.74 bits per heavy atom. The number of carbonyl (C=O) groups excluding carboxylic acids is 2. The van der Waals surface area contributed by atoms with E-state index < -0.39 is 0 Å². The second kappa shape index (κ2) is 20.9. The summed E-state index contributed by atoms with van der Waals surface area (Å²) in [4.78, 5) is 33.1. The van der Waals surface area contributed by atoms with Crippen molar-refractivity contribution in [3.05, 3.63) is 111 Å². The number of aldehydes is 1. The summed E-state index contributed by atoms with van der Waals surface area (Å²) < 4.78 is 11.6. The number of ketones is 1. The van der Waals surface area contributed by atoms with Gasteiger partial charge in [0.15, 0.2) is 39.6 Å². The molecule has 0 amide bonds. The fourth-order valence-electron chi connectivity index (χ4n) is 3.74. The number of halogens is 4. The highest BCUT2D eigenvalue weighted by Gasteiger charge is 2.15. The first kappa shape index (κ1) is 37.1. The van der Waals surface area contributed by atoms with E-state index in [2.05, 4.69) is 58.6 Å². The molecular weight excluding hydrogens is 711 g/mol. The van der Waals surface area contributed by atoms with Crippen LogP contribution in [0.4, 0.5) is 0 Å². The minimum absolute atomic E-state index is 0. The molecule has 0 saturated heterocycles. The Balaban J connectivity index is 0.000000335. The van der Waals surface area contributed by atoms with Gasteiger partial charge >= 0.3 is 0 Å². The van der Waals surface area contributed by atoms with E-state index in [1.54, 1.807) is 30.7 Å². The van der Waals surface area contributed by atoms with Gasteiger partial charge in [0, 0.05) is 37.0 Å². The quantitative estimate of drug-likeness (QED) is 0.155. The zero-order chi connectivity index (χ0) is 28.6. The van der Waals surface area contributed by atoms with Gasteiger partial charge in [-0.2, -0.15) is 0 Å². The maximum absolute atomic E-state index is 11.5. The second-order valence-electron chi connectivity index (χ2n) is 8.67. The SMILES string of the molecule is Brc1ccc(/C=C2\CCCN=C2c2cccnc2)o1.O=Cc1ccc(Br)o1.[Cl-].[Cl-].[NH3+]CCCCC(=O)c1ccc[nH+]c1. The molecule has 5 rings (SSSR count). The zero-order valence-corrected chi connectivity index (χ0v) is 27.5. The fraction of sp³-hybridized carbons (Fsp3) is 0.233. The van der Waals surface area contributed by atoms with E-state index >= 15 is 0 Å². The lowest BCUT2D eigenvalue weighted by atomic mass is 9.96. The van der Waals surface area contributed by atoms with Crippen LogP contribution in [0.15, 0.2) is 102 Å². The topological polar surface area (TPSA) is 127 Å². The van der Waals surface area contributed by atoms with Crippen LogP contribution in [-0.4, -0.2) is 35.9 Å². The summed E-state index contributed by atoms with van der Waals surface area (Å²) in [6.07, 6.45) is 14.6. The third-order valence-corrected chi connectivity index (χ3v) is 6.52. The lowest BCUT2D eigenvalue weighted by Crippen LogP contribution is -3.00.